The van der Waals surface area contributed by atoms with Crippen molar-refractivity contribution in [1.29, 1.82) is 0 Å². The molecular weight excluding hydrogens is 183 g/mol. The molecule has 2 nitrogen and oxygen atoms in total. The van der Waals surface area contributed by atoms with E-state index in [9.17, 15) is 9.18 Å². The van der Waals surface area contributed by atoms with Gasteiger partial charge in [-0.3, -0.25) is 0 Å². The summed E-state index contributed by atoms with van der Waals surface area (Å²) in [7, 11) is 0. The van der Waals surface area contributed by atoms with E-state index in [1.807, 2.05) is 30.3 Å². The number of carbonyl (C=O) groups is 1. The Kier molecular flexibility index (Phi) is 3.85. The third-order valence-electron chi connectivity index (χ3n) is 1.70. The lowest BCUT2D eigenvalue weighted by molar-refractivity contribution is -0.140. The zero-order valence-corrected chi connectivity index (χ0v) is 7.87. The van der Waals surface area contributed by atoms with E-state index in [-0.39, 0.29) is 18.5 Å². The maximum absolute atomic E-state index is 11.9. The van der Waals surface area contributed by atoms with E-state index in [2.05, 4.69) is 0 Å². The largest absolute Gasteiger partial charge is 0.457 e. The lowest BCUT2D eigenvalue weighted by Gasteiger charge is -2.03. The van der Waals surface area contributed by atoms with Gasteiger partial charge in [0.2, 0.25) is 0 Å². The highest BCUT2D eigenvalue weighted by atomic mass is 19.1. The Morgan fingerprint density at radius 3 is 2.64 bits per heavy atom. The first-order valence-electron chi connectivity index (χ1n) is 4.22. The lowest BCUT2D eigenvalue weighted by atomic mass is 10.2. The summed E-state index contributed by atoms with van der Waals surface area (Å²) in [5.41, 5.74) is 0.855. The molecule has 14 heavy (non-hydrogen) atoms. The smallest absolute Gasteiger partial charge is 0.336 e. The van der Waals surface area contributed by atoms with Crippen molar-refractivity contribution in [3.63, 3.8) is 0 Å². The first-order chi connectivity index (χ1) is 6.74. The van der Waals surface area contributed by atoms with Crippen LogP contribution >= 0.6 is 0 Å². The Morgan fingerprint density at radius 1 is 1.43 bits per heavy atom. The first-order valence-corrected chi connectivity index (χ1v) is 4.22. The molecule has 1 rings (SSSR count). The topological polar surface area (TPSA) is 26.3 Å². The molecule has 0 aromatic heterocycles. The Bertz CT molecular complexity index is 330. The molecule has 0 N–H and O–H groups in total. The fourth-order valence-electron chi connectivity index (χ4n) is 0.881. The number of hydrogen-bond donors (Lipinski definition) is 0. The molecule has 0 atom stereocenters. The van der Waals surface area contributed by atoms with Crippen LogP contribution in [-0.4, -0.2) is 5.97 Å². The molecule has 74 valence electrons. The van der Waals surface area contributed by atoms with Crippen molar-refractivity contribution < 1.29 is 13.9 Å². The van der Waals surface area contributed by atoms with Gasteiger partial charge in [-0.05, 0) is 12.5 Å². The van der Waals surface area contributed by atoms with Crippen molar-refractivity contribution >= 4 is 5.97 Å². The molecule has 0 aliphatic rings. The van der Waals surface area contributed by atoms with Gasteiger partial charge in [0, 0.05) is 0 Å². The standard InChI is InChI=1S/C11H11FO2/c1-9(7-12)11(13)14-8-10-5-3-2-4-6-10/h2-7H,8H2,1H3. The number of carbonyl (C=O) groups excluding carboxylic acids is 1. The van der Waals surface area contributed by atoms with Gasteiger partial charge in [-0.25, -0.2) is 9.18 Å². The summed E-state index contributed by atoms with van der Waals surface area (Å²) >= 11 is 0. The second-order valence-corrected chi connectivity index (χ2v) is 2.85. The molecular formula is C11H11FO2. The second-order valence-electron chi connectivity index (χ2n) is 2.85. The van der Waals surface area contributed by atoms with Gasteiger partial charge in [0.15, 0.2) is 0 Å². The zero-order valence-electron chi connectivity index (χ0n) is 7.87. The number of esters is 1. The molecule has 1 aromatic carbocycles. The Balaban J connectivity index is 2.46. The van der Waals surface area contributed by atoms with Gasteiger partial charge in [-0.2, -0.15) is 0 Å². The number of hydrogen-bond acceptors (Lipinski definition) is 2. The highest BCUT2D eigenvalue weighted by Crippen LogP contribution is 2.03. The van der Waals surface area contributed by atoms with Crippen LogP contribution in [0.2, 0.25) is 0 Å². The van der Waals surface area contributed by atoms with Gasteiger partial charge in [0.25, 0.3) is 0 Å². The van der Waals surface area contributed by atoms with E-state index >= 15 is 0 Å². The molecule has 0 saturated heterocycles. The van der Waals surface area contributed by atoms with Gasteiger partial charge >= 0.3 is 5.97 Å². The SMILES string of the molecule is CC(=CF)C(=O)OCc1ccccc1. The molecule has 0 heterocycles. The average molecular weight is 194 g/mol. The second kappa shape index (κ2) is 5.17. The van der Waals surface area contributed by atoms with E-state index in [1.165, 1.54) is 6.92 Å². The van der Waals surface area contributed by atoms with Crippen molar-refractivity contribution in [2.24, 2.45) is 0 Å². The predicted octanol–water partition coefficient (Wildman–Crippen LogP) is 2.60. The van der Waals surface area contributed by atoms with Gasteiger partial charge in [0.05, 0.1) is 11.9 Å². The summed E-state index contributed by atoms with van der Waals surface area (Å²) in [5.74, 6) is -0.628. The first kappa shape index (κ1) is 10.4. The molecule has 0 aliphatic carbocycles. The molecule has 0 amide bonds. The van der Waals surface area contributed by atoms with Crippen LogP contribution in [0.1, 0.15) is 12.5 Å². The van der Waals surface area contributed by atoms with Gasteiger partial charge in [0.1, 0.15) is 6.61 Å². The summed E-state index contributed by atoms with van der Waals surface area (Å²) in [6.07, 6.45) is 0.243. The minimum atomic E-state index is -0.628. The predicted molar refractivity (Wildman–Crippen MR) is 51.1 cm³/mol. The lowest BCUT2D eigenvalue weighted by Crippen LogP contribution is -2.05. The molecule has 0 bridgehead atoms. The van der Waals surface area contributed by atoms with E-state index < -0.39 is 5.97 Å². The van der Waals surface area contributed by atoms with E-state index in [1.54, 1.807) is 0 Å². The summed E-state index contributed by atoms with van der Waals surface area (Å²) in [6.45, 7) is 1.54. The molecule has 1 aromatic rings. The molecule has 0 aliphatic heterocycles. The Hall–Kier alpha value is -1.64. The van der Waals surface area contributed by atoms with Gasteiger partial charge in [-0.15, -0.1) is 0 Å². The van der Waals surface area contributed by atoms with Crippen LogP contribution in [0.25, 0.3) is 0 Å². The molecule has 3 heteroatoms. The summed E-state index contributed by atoms with van der Waals surface area (Å²) in [4.78, 5) is 11.0. The minimum absolute atomic E-state index is 0.0269. The van der Waals surface area contributed by atoms with Crippen molar-refractivity contribution in [1.82, 2.24) is 0 Å². The fourth-order valence-corrected chi connectivity index (χ4v) is 0.881. The van der Waals surface area contributed by atoms with E-state index in [4.69, 9.17) is 4.74 Å². The van der Waals surface area contributed by atoms with Gasteiger partial charge < -0.3 is 4.74 Å². The van der Waals surface area contributed by atoms with Crippen LogP contribution in [0.5, 0.6) is 0 Å². The molecule has 0 fully saturated rings. The third-order valence-corrected chi connectivity index (χ3v) is 1.70. The van der Waals surface area contributed by atoms with Crippen LogP contribution in [0.3, 0.4) is 0 Å². The summed E-state index contributed by atoms with van der Waals surface area (Å²) < 4.78 is 16.7. The fraction of sp³-hybridized carbons (Fsp3) is 0.182. The molecule has 0 radical (unpaired) electrons. The number of halogens is 1. The van der Waals surface area contributed by atoms with E-state index in [0.717, 1.165) is 5.56 Å². The summed E-state index contributed by atoms with van der Waals surface area (Å²) in [6, 6.07) is 9.24. The van der Waals surface area contributed by atoms with Crippen molar-refractivity contribution in [3.05, 3.63) is 47.8 Å². The van der Waals surface area contributed by atoms with Crippen LogP contribution in [0.15, 0.2) is 42.2 Å². The monoisotopic (exact) mass is 194 g/mol. The molecule has 0 unspecified atom stereocenters. The van der Waals surface area contributed by atoms with Crippen LogP contribution in [0, 0.1) is 0 Å². The normalized spacial score (nSPS) is 11.1. The van der Waals surface area contributed by atoms with Crippen LogP contribution < -0.4 is 0 Å². The highest BCUT2D eigenvalue weighted by molar-refractivity contribution is 5.87. The number of rotatable bonds is 3. The minimum Gasteiger partial charge on any atom is -0.457 e. The Labute approximate surface area is 82.0 Å². The molecule has 0 spiro atoms. The average Bonchev–Trinajstić information content (AvgIpc) is 2.26. The Morgan fingerprint density at radius 2 is 2.07 bits per heavy atom. The molecule has 0 saturated carbocycles. The zero-order chi connectivity index (χ0) is 10.4. The van der Waals surface area contributed by atoms with Crippen molar-refractivity contribution in [3.8, 4) is 0 Å². The van der Waals surface area contributed by atoms with Gasteiger partial charge in [-0.1, -0.05) is 30.3 Å². The van der Waals surface area contributed by atoms with Crippen LogP contribution in [-0.2, 0) is 16.1 Å². The van der Waals surface area contributed by atoms with Crippen LogP contribution in [0.4, 0.5) is 4.39 Å². The number of ether oxygens (including phenoxy) is 1. The maximum Gasteiger partial charge on any atom is 0.336 e. The maximum atomic E-state index is 11.9. The van der Waals surface area contributed by atoms with Crippen molar-refractivity contribution in [2.75, 3.05) is 0 Å². The number of benzene rings is 1. The quantitative estimate of drug-likeness (QED) is 0.546. The van der Waals surface area contributed by atoms with Crippen molar-refractivity contribution in [2.45, 2.75) is 13.5 Å². The van der Waals surface area contributed by atoms with E-state index in [0.29, 0.717) is 0 Å². The third kappa shape index (κ3) is 3.01. The summed E-state index contributed by atoms with van der Waals surface area (Å²) in [5, 5.41) is 0. The highest BCUT2D eigenvalue weighted by Gasteiger charge is 2.05.